The first-order valence-corrected chi connectivity index (χ1v) is 6.87. The van der Waals surface area contributed by atoms with E-state index in [9.17, 15) is 0 Å². The smallest absolute Gasteiger partial charge is 0.101 e. The van der Waals surface area contributed by atoms with Crippen LogP contribution in [0.25, 0.3) is 0 Å². The summed E-state index contributed by atoms with van der Waals surface area (Å²) in [5.41, 5.74) is 1.62. The van der Waals surface area contributed by atoms with Gasteiger partial charge in [-0.2, -0.15) is 5.26 Å². The SMILES string of the molecule is CCC(CC)C(C)Nc1ccc(Br)cc1C#N. The Morgan fingerprint density at radius 2 is 2.00 bits per heavy atom. The lowest BCUT2D eigenvalue weighted by molar-refractivity contribution is 0.438. The van der Waals surface area contributed by atoms with Crippen LogP contribution in [0.5, 0.6) is 0 Å². The zero-order chi connectivity index (χ0) is 12.8. The number of halogens is 1. The fourth-order valence-electron chi connectivity index (χ4n) is 2.09. The van der Waals surface area contributed by atoms with E-state index in [-0.39, 0.29) is 0 Å². The third kappa shape index (κ3) is 3.74. The van der Waals surface area contributed by atoms with E-state index in [1.807, 2.05) is 18.2 Å². The summed E-state index contributed by atoms with van der Waals surface area (Å²) in [7, 11) is 0. The molecule has 17 heavy (non-hydrogen) atoms. The van der Waals surface area contributed by atoms with Crippen molar-refractivity contribution in [1.82, 2.24) is 0 Å². The second kappa shape index (κ2) is 6.66. The van der Waals surface area contributed by atoms with Crippen LogP contribution in [0.4, 0.5) is 5.69 Å². The standard InChI is InChI=1S/C14H19BrN2/c1-4-11(5-2)10(3)17-14-7-6-13(15)8-12(14)9-16/h6-8,10-11,17H,4-5H2,1-3H3. The molecule has 0 fully saturated rings. The van der Waals surface area contributed by atoms with Crippen LogP contribution in [0.3, 0.4) is 0 Å². The molecule has 0 radical (unpaired) electrons. The fraction of sp³-hybridized carbons (Fsp3) is 0.500. The molecule has 0 bridgehead atoms. The van der Waals surface area contributed by atoms with Crippen molar-refractivity contribution in [2.75, 3.05) is 5.32 Å². The van der Waals surface area contributed by atoms with Crippen LogP contribution in [0, 0.1) is 17.2 Å². The Balaban J connectivity index is 2.85. The minimum atomic E-state index is 0.387. The fourth-order valence-corrected chi connectivity index (χ4v) is 2.45. The Kier molecular flexibility index (Phi) is 5.50. The molecule has 0 aliphatic carbocycles. The summed E-state index contributed by atoms with van der Waals surface area (Å²) in [6.45, 7) is 6.60. The molecule has 0 aliphatic rings. The van der Waals surface area contributed by atoms with Gasteiger partial charge >= 0.3 is 0 Å². The number of nitrogens with zero attached hydrogens (tertiary/aromatic N) is 1. The maximum atomic E-state index is 9.10. The molecule has 0 aromatic heterocycles. The highest BCUT2D eigenvalue weighted by Crippen LogP contribution is 2.23. The molecule has 0 saturated carbocycles. The molecular formula is C14H19BrN2. The second-order valence-corrected chi connectivity index (χ2v) is 5.23. The summed E-state index contributed by atoms with van der Waals surface area (Å²) in [6, 6.07) is 8.38. The Hall–Kier alpha value is -1.01. The number of benzene rings is 1. The molecule has 3 heteroatoms. The minimum Gasteiger partial charge on any atom is -0.381 e. The quantitative estimate of drug-likeness (QED) is 0.864. The molecule has 1 rings (SSSR count). The number of hydrogen-bond donors (Lipinski definition) is 1. The maximum Gasteiger partial charge on any atom is 0.101 e. The first-order chi connectivity index (χ1) is 8.12. The molecule has 0 heterocycles. The van der Waals surface area contributed by atoms with E-state index in [2.05, 4.69) is 48.1 Å². The molecule has 1 unspecified atom stereocenters. The van der Waals surface area contributed by atoms with Crippen molar-refractivity contribution in [2.24, 2.45) is 5.92 Å². The zero-order valence-electron chi connectivity index (χ0n) is 10.6. The topological polar surface area (TPSA) is 35.8 Å². The Morgan fingerprint density at radius 1 is 1.35 bits per heavy atom. The molecule has 1 aromatic carbocycles. The molecule has 0 aliphatic heterocycles. The minimum absolute atomic E-state index is 0.387. The predicted molar refractivity (Wildman–Crippen MR) is 76.0 cm³/mol. The Labute approximate surface area is 112 Å². The third-order valence-electron chi connectivity index (χ3n) is 3.24. The average Bonchev–Trinajstić information content (AvgIpc) is 2.33. The van der Waals surface area contributed by atoms with E-state index in [4.69, 9.17) is 5.26 Å². The van der Waals surface area contributed by atoms with E-state index < -0.39 is 0 Å². The summed E-state index contributed by atoms with van der Waals surface area (Å²) < 4.78 is 0.940. The van der Waals surface area contributed by atoms with Gasteiger partial charge in [-0.3, -0.25) is 0 Å². The van der Waals surface area contributed by atoms with Crippen molar-refractivity contribution in [2.45, 2.75) is 39.7 Å². The number of nitrogens with one attached hydrogen (secondary N) is 1. The van der Waals surface area contributed by atoms with Crippen LogP contribution in [0.15, 0.2) is 22.7 Å². The van der Waals surface area contributed by atoms with Crippen LogP contribution >= 0.6 is 15.9 Å². The summed E-state index contributed by atoms with van der Waals surface area (Å²) in [4.78, 5) is 0. The Bertz CT molecular complexity index is 405. The zero-order valence-corrected chi connectivity index (χ0v) is 12.2. The van der Waals surface area contributed by atoms with Crippen molar-refractivity contribution < 1.29 is 0 Å². The summed E-state index contributed by atoms with van der Waals surface area (Å²) in [6.07, 6.45) is 2.31. The highest BCUT2D eigenvalue weighted by atomic mass is 79.9. The van der Waals surface area contributed by atoms with Gasteiger partial charge in [0, 0.05) is 10.5 Å². The van der Waals surface area contributed by atoms with Crippen molar-refractivity contribution in [1.29, 1.82) is 5.26 Å². The van der Waals surface area contributed by atoms with E-state index >= 15 is 0 Å². The first-order valence-electron chi connectivity index (χ1n) is 6.08. The van der Waals surface area contributed by atoms with Crippen molar-refractivity contribution in [3.63, 3.8) is 0 Å². The molecule has 0 amide bonds. The van der Waals surface area contributed by atoms with Gasteiger partial charge in [-0.05, 0) is 31.0 Å². The predicted octanol–water partition coefficient (Wildman–Crippen LogP) is 4.56. The van der Waals surface area contributed by atoms with Crippen LogP contribution in [-0.2, 0) is 0 Å². The molecule has 1 aromatic rings. The largest absolute Gasteiger partial charge is 0.381 e. The van der Waals surface area contributed by atoms with Crippen molar-refractivity contribution in [3.8, 4) is 6.07 Å². The number of anilines is 1. The molecular weight excluding hydrogens is 276 g/mol. The molecule has 0 saturated heterocycles. The molecule has 0 spiro atoms. The van der Waals surface area contributed by atoms with E-state index in [0.717, 1.165) is 23.0 Å². The number of nitriles is 1. The maximum absolute atomic E-state index is 9.10. The van der Waals surface area contributed by atoms with Gasteiger partial charge in [0.15, 0.2) is 0 Å². The highest BCUT2D eigenvalue weighted by Gasteiger charge is 2.14. The molecule has 92 valence electrons. The Morgan fingerprint density at radius 3 is 2.53 bits per heavy atom. The number of hydrogen-bond acceptors (Lipinski definition) is 2. The van der Waals surface area contributed by atoms with Gasteiger partial charge in [0.25, 0.3) is 0 Å². The third-order valence-corrected chi connectivity index (χ3v) is 3.73. The van der Waals surface area contributed by atoms with Crippen molar-refractivity contribution >= 4 is 21.6 Å². The van der Waals surface area contributed by atoms with Gasteiger partial charge in [0.05, 0.1) is 11.3 Å². The van der Waals surface area contributed by atoms with Gasteiger partial charge in [-0.25, -0.2) is 0 Å². The van der Waals surface area contributed by atoms with Crippen LogP contribution < -0.4 is 5.32 Å². The van der Waals surface area contributed by atoms with Gasteiger partial charge in [-0.15, -0.1) is 0 Å². The lowest BCUT2D eigenvalue weighted by Gasteiger charge is -2.24. The molecule has 2 nitrogen and oxygen atoms in total. The summed E-state index contributed by atoms with van der Waals surface area (Å²) in [5, 5.41) is 12.5. The second-order valence-electron chi connectivity index (χ2n) is 4.31. The molecule has 1 atom stereocenters. The van der Waals surface area contributed by atoms with Gasteiger partial charge in [0.2, 0.25) is 0 Å². The van der Waals surface area contributed by atoms with Gasteiger partial charge in [0.1, 0.15) is 6.07 Å². The normalized spacial score (nSPS) is 12.2. The first kappa shape index (κ1) is 14.1. The van der Waals surface area contributed by atoms with Gasteiger partial charge in [-0.1, -0.05) is 42.6 Å². The summed E-state index contributed by atoms with van der Waals surface area (Å²) in [5.74, 6) is 0.644. The highest BCUT2D eigenvalue weighted by molar-refractivity contribution is 9.10. The monoisotopic (exact) mass is 294 g/mol. The lowest BCUT2D eigenvalue weighted by Crippen LogP contribution is -2.25. The van der Waals surface area contributed by atoms with Crippen LogP contribution in [-0.4, -0.2) is 6.04 Å². The average molecular weight is 295 g/mol. The van der Waals surface area contributed by atoms with E-state index in [1.54, 1.807) is 0 Å². The molecule has 1 N–H and O–H groups in total. The summed E-state index contributed by atoms with van der Waals surface area (Å²) >= 11 is 3.38. The van der Waals surface area contributed by atoms with Gasteiger partial charge < -0.3 is 5.32 Å². The van der Waals surface area contributed by atoms with E-state index in [0.29, 0.717) is 17.5 Å². The van der Waals surface area contributed by atoms with Crippen LogP contribution in [0.2, 0.25) is 0 Å². The lowest BCUT2D eigenvalue weighted by atomic mass is 9.95. The van der Waals surface area contributed by atoms with E-state index in [1.165, 1.54) is 0 Å². The van der Waals surface area contributed by atoms with Crippen LogP contribution in [0.1, 0.15) is 39.2 Å². The number of rotatable bonds is 5. The van der Waals surface area contributed by atoms with Crippen molar-refractivity contribution in [3.05, 3.63) is 28.2 Å².